The number of para-hydroxylation sites is 1. The molecule has 4 rings (SSSR count). The van der Waals surface area contributed by atoms with Crippen molar-refractivity contribution in [2.45, 2.75) is 17.8 Å². The summed E-state index contributed by atoms with van der Waals surface area (Å²) in [6.07, 6.45) is 1.56. The van der Waals surface area contributed by atoms with E-state index in [1.54, 1.807) is 23.3 Å². The lowest BCUT2D eigenvalue weighted by atomic mass is 10.3. The number of hydrogen-bond acceptors (Lipinski definition) is 8. The number of thiazole rings is 1. The van der Waals surface area contributed by atoms with Crippen LogP contribution in [0.5, 0.6) is 0 Å². The average molecular weight is 413 g/mol. The molecule has 0 radical (unpaired) electrons. The first kappa shape index (κ1) is 18.3. The third-order valence-corrected chi connectivity index (χ3v) is 5.67. The Morgan fingerprint density at radius 1 is 1.25 bits per heavy atom. The van der Waals surface area contributed by atoms with Gasteiger partial charge in [0.25, 0.3) is 0 Å². The minimum absolute atomic E-state index is 0.0930. The van der Waals surface area contributed by atoms with E-state index in [2.05, 4.69) is 15.2 Å². The summed E-state index contributed by atoms with van der Waals surface area (Å²) in [5.41, 5.74) is 1.61. The van der Waals surface area contributed by atoms with Crippen LogP contribution in [0.2, 0.25) is 0 Å². The van der Waals surface area contributed by atoms with Gasteiger partial charge in [0.1, 0.15) is 0 Å². The number of furan rings is 1. The van der Waals surface area contributed by atoms with Gasteiger partial charge in [-0.3, -0.25) is 9.69 Å². The summed E-state index contributed by atoms with van der Waals surface area (Å²) < 4.78 is 6.70. The van der Waals surface area contributed by atoms with Crippen LogP contribution in [0.4, 0.5) is 10.8 Å². The Bertz CT molecular complexity index is 1070. The lowest BCUT2D eigenvalue weighted by Crippen LogP contribution is -2.22. The number of benzene rings is 1. The molecule has 0 bridgehead atoms. The van der Waals surface area contributed by atoms with Crippen molar-refractivity contribution in [2.75, 3.05) is 10.7 Å². The van der Waals surface area contributed by atoms with Gasteiger partial charge in [-0.1, -0.05) is 30.0 Å². The quantitative estimate of drug-likeness (QED) is 0.380. The van der Waals surface area contributed by atoms with Crippen LogP contribution in [0.1, 0.15) is 12.6 Å². The maximum atomic E-state index is 12.1. The topological polar surface area (TPSA) is 103 Å². The van der Waals surface area contributed by atoms with E-state index in [-0.39, 0.29) is 5.91 Å². The molecule has 0 saturated carbocycles. The van der Waals surface area contributed by atoms with Crippen molar-refractivity contribution in [2.24, 2.45) is 0 Å². The van der Waals surface area contributed by atoms with Crippen LogP contribution < -0.4 is 10.7 Å². The van der Waals surface area contributed by atoms with E-state index < -0.39 is 0 Å². The van der Waals surface area contributed by atoms with Crippen molar-refractivity contribution in [1.82, 2.24) is 19.9 Å². The lowest BCUT2D eigenvalue weighted by molar-refractivity contribution is -0.115. The highest BCUT2D eigenvalue weighted by atomic mass is 32.2. The maximum absolute atomic E-state index is 12.1. The van der Waals surface area contributed by atoms with Crippen LogP contribution in [0.3, 0.4) is 0 Å². The highest BCUT2D eigenvalue weighted by molar-refractivity contribution is 7.98. The number of thioether (sulfide) groups is 1. The average Bonchev–Trinajstić information content (AvgIpc) is 3.43. The molecule has 1 amide bonds. The van der Waals surface area contributed by atoms with Crippen LogP contribution in [-0.2, 0) is 10.5 Å². The van der Waals surface area contributed by atoms with Gasteiger partial charge in [-0.15, -0.1) is 21.5 Å². The third-order valence-electron chi connectivity index (χ3n) is 3.82. The number of nitrogens with zero attached hydrogens (tertiary/aromatic N) is 5. The second kappa shape index (κ2) is 7.87. The van der Waals surface area contributed by atoms with E-state index >= 15 is 0 Å². The molecule has 0 fully saturated rings. The van der Waals surface area contributed by atoms with Crippen molar-refractivity contribution < 1.29 is 9.21 Å². The molecule has 0 unspecified atom stereocenters. The number of amides is 1. The molecule has 142 valence electrons. The summed E-state index contributed by atoms with van der Waals surface area (Å²) >= 11 is 2.83. The predicted octanol–water partition coefficient (Wildman–Crippen LogP) is 3.69. The first-order valence-corrected chi connectivity index (χ1v) is 10.2. The molecule has 1 aromatic carbocycles. The summed E-state index contributed by atoms with van der Waals surface area (Å²) in [7, 11) is 0. The van der Waals surface area contributed by atoms with Crippen LogP contribution >= 0.6 is 23.1 Å². The molecule has 0 aliphatic rings. The Kier molecular flexibility index (Phi) is 5.13. The Morgan fingerprint density at radius 2 is 2.07 bits per heavy atom. The van der Waals surface area contributed by atoms with Gasteiger partial charge >= 0.3 is 0 Å². The Balaban J connectivity index is 1.49. The summed E-state index contributed by atoms with van der Waals surface area (Å²) in [6, 6.07) is 13.0. The summed E-state index contributed by atoms with van der Waals surface area (Å²) in [5.74, 6) is 7.53. The number of anilines is 2. The molecular formula is C18H16N6O2S2. The molecule has 28 heavy (non-hydrogen) atoms. The van der Waals surface area contributed by atoms with Gasteiger partial charge in [-0.25, -0.2) is 9.66 Å². The van der Waals surface area contributed by atoms with Gasteiger partial charge in [0.05, 0.1) is 17.6 Å². The highest BCUT2D eigenvalue weighted by Crippen LogP contribution is 2.31. The largest absolute Gasteiger partial charge is 0.461 e. The van der Waals surface area contributed by atoms with Crippen molar-refractivity contribution in [3.05, 3.63) is 59.8 Å². The van der Waals surface area contributed by atoms with E-state index in [1.807, 2.05) is 35.7 Å². The molecule has 4 aromatic rings. The van der Waals surface area contributed by atoms with Gasteiger partial charge in [-0.2, -0.15) is 0 Å². The first-order valence-electron chi connectivity index (χ1n) is 8.31. The van der Waals surface area contributed by atoms with Crippen molar-refractivity contribution in [1.29, 1.82) is 0 Å². The molecule has 0 spiro atoms. The second-order valence-corrected chi connectivity index (χ2v) is 7.53. The first-order chi connectivity index (χ1) is 13.6. The zero-order valence-corrected chi connectivity index (χ0v) is 16.5. The molecule has 8 nitrogen and oxygen atoms in total. The van der Waals surface area contributed by atoms with Gasteiger partial charge in [-0.05, 0) is 24.3 Å². The second-order valence-electron chi connectivity index (χ2n) is 5.75. The molecule has 0 atom stereocenters. The van der Waals surface area contributed by atoms with Crippen LogP contribution in [0.15, 0.2) is 63.7 Å². The Hall–Kier alpha value is -3.11. The van der Waals surface area contributed by atoms with Gasteiger partial charge < -0.3 is 10.3 Å². The molecule has 0 aliphatic carbocycles. The van der Waals surface area contributed by atoms with Crippen LogP contribution in [0, 0.1) is 0 Å². The molecule has 10 heteroatoms. The summed E-state index contributed by atoms with van der Waals surface area (Å²) in [6.45, 7) is 1.52. The van der Waals surface area contributed by atoms with E-state index in [0.717, 1.165) is 11.4 Å². The number of rotatable bonds is 6. The van der Waals surface area contributed by atoms with E-state index in [9.17, 15) is 4.79 Å². The van der Waals surface area contributed by atoms with E-state index in [4.69, 9.17) is 10.3 Å². The highest BCUT2D eigenvalue weighted by Gasteiger charge is 2.19. The minimum atomic E-state index is -0.0930. The van der Waals surface area contributed by atoms with Crippen molar-refractivity contribution >= 4 is 39.8 Å². The number of hydrogen-bond donors (Lipinski definition) is 1. The molecule has 2 N–H and O–H groups in total. The van der Waals surface area contributed by atoms with Crippen LogP contribution in [-0.4, -0.2) is 25.8 Å². The van der Waals surface area contributed by atoms with Crippen LogP contribution in [0.25, 0.3) is 11.6 Å². The molecule has 3 aromatic heterocycles. The number of aromatic nitrogens is 4. The van der Waals surface area contributed by atoms with E-state index in [1.165, 1.54) is 34.7 Å². The zero-order chi connectivity index (χ0) is 19.5. The SMILES string of the molecule is CC(=O)N(c1ccccc1)c1nc(CSc2nnc(-c3ccco3)n2N)cs1. The predicted molar refractivity (Wildman–Crippen MR) is 109 cm³/mol. The molecule has 0 saturated heterocycles. The molecule has 3 heterocycles. The number of carbonyl (C=O) groups is 1. The number of nitrogen functional groups attached to an aromatic ring is 1. The lowest BCUT2D eigenvalue weighted by Gasteiger charge is -2.17. The van der Waals surface area contributed by atoms with Crippen molar-refractivity contribution in [3.63, 3.8) is 0 Å². The molecule has 0 aliphatic heterocycles. The maximum Gasteiger partial charge on any atom is 0.230 e. The normalized spacial score (nSPS) is 10.9. The number of carbonyl (C=O) groups excluding carboxylic acids is 1. The fourth-order valence-corrected chi connectivity index (χ4v) is 4.30. The third kappa shape index (κ3) is 3.64. The number of nitrogens with two attached hydrogens (primary N) is 1. The zero-order valence-electron chi connectivity index (χ0n) is 14.8. The Morgan fingerprint density at radius 3 is 2.79 bits per heavy atom. The summed E-state index contributed by atoms with van der Waals surface area (Å²) in [5, 5.41) is 11.3. The standard InChI is InChI=1S/C18H16N6O2S2/c1-12(25)23(14-6-3-2-4-7-14)17-20-13(10-27-17)11-28-18-22-21-16(24(18)19)15-8-5-9-26-15/h2-10H,11,19H2,1H3. The minimum Gasteiger partial charge on any atom is -0.461 e. The fraction of sp³-hybridized carbons (Fsp3) is 0.111. The van der Waals surface area contributed by atoms with Crippen molar-refractivity contribution in [3.8, 4) is 11.6 Å². The molecular weight excluding hydrogens is 396 g/mol. The monoisotopic (exact) mass is 412 g/mol. The van der Waals surface area contributed by atoms with E-state index in [0.29, 0.717) is 27.6 Å². The van der Waals surface area contributed by atoms with Gasteiger partial charge in [0.2, 0.25) is 16.9 Å². The van der Waals surface area contributed by atoms with Gasteiger partial charge in [0.15, 0.2) is 10.9 Å². The smallest absolute Gasteiger partial charge is 0.230 e. The fourth-order valence-electron chi connectivity index (χ4n) is 2.56. The Labute approximate surface area is 169 Å². The summed E-state index contributed by atoms with van der Waals surface area (Å²) in [4.78, 5) is 18.3. The van der Waals surface area contributed by atoms with Gasteiger partial charge in [0, 0.05) is 18.1 Å².